The Morgan fingerprint density at radius 1 is 0.278 bits per heavy atom. The Labute approximate surface area is 416 Å². The van der Waals surface area contributed by atoms with Crippen LogP contribution in [0.3, 0.4) is 0 Å². The van der Waals surface area contributed by atoms with Crippen molar-refractivity contribution in [3.8, 4) is 79.7 Å². The molecule has 10 N–H and O–H groups in total. The number of benzene rings is 10. The van der Waals surface area contributed by atoms with Crippen LogP contribution in [0, 0.1) is 0 Å². The number of phenols is 10. The largest absolute Gasteiger partial charge is 0.504 e. The lowest BCUT2D eigenvalue weighted by molar-refractivity contribution is 0.330. The highest BCUT2D eigenvalue weighted by atomic mass is 28.3. The zero-order valence-corrected chi connectivity index (χ0v) is 42.2. The van der Waals surface area contributed by atoms with Crippen LogP contribution in [0.1, 0.15) is 0 Å². The smallest absolute Gasteiger partial charge is 0.208 e. The first-order valence-corrected chi connectivity index (χ1v) is 30.3. The van der Waals surface area contributed by atoms with E-state index < -0.39 is 73.6 Å². The molecule has 0 fully saturated rings. The lowest BCUT2D eigenvalue weighted by atomic mass is 9.91. The van der Waals surface area contributed by atoms with Gasteiger partial charge in [-0.1, -0.05) is 135 Å². The van der Waals surface area contributed by atoms with Crippen LogP contribution in [-0.2, 0) is 0 Å². The summed E-state index contributed by atoms with van der Waals surface area (Å²) in [7, 11) is -3.37. The van der Waals surface area contributed by atoms with Crippen molar-refractivity contribution in [2.24, 2.45) is 0 Å². The summed E-state index contributed by atoms with van der Waals surface area (Å²) >= 11 is 0. The number of rotatable bonds is 10. The molecule has 0 aromatic heterocycles. The minimum absolute atomic E-state index is 0.243. The first-order chi connectivity index (χ1) is 34.1. The van der Waals surface area contributed by atoms with Gasteiger partial charge >= 0.3 is 0 Å². The fraction of sp³-hybridized carbons (Fsp3) is 0.103. The highest BCUT2D eigenvalue weighted by Crippen LogP contribution is 2.57. The van der Waals surface area contributed by atoms with E-state index >= 15 is 0 Å². The maximum atomic E-state index is 10.8. The van der Waals surface area contributed by atoms with E-state index in [9.17, 15) is 51.1 Å². The van der Waals surface area contributed by atoms with Crippen molar-refractivity contribution in [3.63, 3.8) is 0 Å². The Morgan fingerprint density at radius 2 is 0.528 bits per heavy atom. The van der Waals surface area contributed by atoms with Crippen LogP contribution in [0.15, 0.2) is 146 Å². The maximum Gasteiger partial charge on any atom is 0.208 e. The van der Waals surface area contributed by atoms with E-state index in [1.54, 1.807) is 24.3 Å². The number of nitrogens with zero attached hydrogens (tertiary/aromatic N) is 2. The van der Waals surface area contributed by atoms with E-state index in [1.807, 2.05) is 24.3 Å². The number of aromatic hydroxyl groups is 10. The van der Waals surface area contributed by atoms with Gasteiger partial charge in [0.05, 0.1) is 38.6 Å². The quantitative estimate of drug-likeness (QED) is 0.0269. The molecule has 10 aromatic rings. The molecule has 0 amide bonds. The fourth-order valence-electron chi connectivity index (χ4n) is 9.71. The maximum absolute atomic E-state index is 10.8. The summed E-state index contributed by atoms with van der Waals surface area (Å²) in [4.78, 5) is 4.29. The van der Waals surface area contributed by atoms with Crippen molar-refractivity contribution in [2.75, 3.05) is 9.80 Å². The molecule has 10 rings (SSSR count). The van der Waals surface area contributed by atoms with Gasteiger partial charge in [0, 0.05) is 33.5 Å². The van der Waals surface area contributed by atoms with Gasteiger partial charge in [-0.25, -0.2) is 0 Å². The van der Waals surface area contributed by atoms with Gasteiger partial charge in [-0.15, -0.1) is 0 Å². The summed E-state index contributed by atoms with van der Waals surface area (Å²) in [5.41, 5.74) is 5.03. The van der Waals surface area contributed by atoms with E-state index in [4.69, 9.17) is 0 Å². The van der Waals surface area contributed by atoms with Crippen LogP contribution in [0.25, 0.3) is 54.6 Å². The van der Waals surface area contributed by atoms with Crippen LogP contribution in [-0.4, -0.2) is 67.2 Å². The number of hydrogen-bond donors (Lipinski definition) is 10. The van der Waals surface area contributed by atoms with Crippen LogP contribution in [0.4, 0.5) is 34.1 Å². The van der Waals surface area contributed by atoms with Gasteiger partial charge in [0.25, 0.3) is 0 Å². The predicted octanol–water partition coefficient (Wildman–Crippen LogP) is 13.0. The second-order valence-corrected chi connectivity index (χ2v) is 30.3. The summed E-state index contributed by atoms with van der Waals surface area (Å²) in [6.45, 7) is 13.8. The normalized spacial score (nSPS) is 12.0. The topological polar surface area (TPSA) is 209 Å². The van der Waals surface area contributed by atoms with Gasteiger partial charge in [-0.2, -0.15) is 0 Å². The van der Waals surface area contributed by atoms with E-state index in [-0.39, 0.29) is 22.3 Å². The van der Waals surface area contributed by atoms with Gasteiger partial charge in [0.1, 0.15) is 0 Å². The van der Waals surface area contributed by atoms with Crippen LogP contribution in [0.2, 0.25) is 39.3 Å². The van der Waals surface area contributed by atoms with Gasteiger partial charge < -0.3 is 60.9 Å². The van der Waals surface area contributed by atoms with Gasteiger partial charge in [0.15, 0.2) is 23.0 Å². The molecule has 0 unspecified atom stereocenters. The molecule has 12 nitrogen and oxygen atoms in total. The molecule has 0 bridgehead atoms. The van der Waals surface area contributed by atoms with Crippen molar-refractivity contribution in [3.05, 3.63) is 146 Å². The summed E-state index contributed by atoms with van der Waals surface area (Å²) in [5, 5.41) is 113. The van der Waals surface area contributed by atoms with Crippen LogP contribution < -0.4 is 20.2 Å². The molecule has 0 aliphatic rings. The van der Waals surface area contributed by atoms with Crippen molar-refractivity contribution in [1.29, 1.82) is 0 Å². The monoisotopic (exact) mass is 992 g/mol. The number of anilines is 6. The molecule has 72 heavy (non-hydrogen) atoms. The molecule has 0 saturated carbocycles. The van der Waals surface area contributed by atoms with Crippen LogP contribution >= 0.6 is 0 Å². The highest BCUT2D eigenvalue weighted by molar-refractivity contribution is 6.89. The molecule has 0 aliphatic heterocycles. The minimum atomic E-state index is -1.68. The van der Waals surface area contributed by atoms with E-state index in [0.29, 0.717) is 0 Å². The average Bonchev–Trinajstić information content (AvgIpc) is 3.37. The van der Waals surface area contributed by atoms with Crippen molar-refractivity contribution < 1.29 is 51.1 Å². The summed E-state index contributed by atoms with van der Waals surface area (Å²) < 4.78 is 0. The minimum Gasteiger partial charge on any atom is -0.504 e. The lowest BCUT2D eigenvalue weighted by Gasteiger charge is -2.30. The van der Waals surface area contributed by atoms with Crippen molar-refractivity contribution >= 4 is 93.0 Å². The first kappa shape index (κ1) is 47.0. The van der Waals surface area contributed by atoms with Gasteiger partial charge in [-0.05, 0) is 93.3 Å². The second kappa shape index (κ2) is 17.0. The highest BCUT2D eigenvalue weighted by Gasteiger charge is 2.28. The molecule has 0 aliphatic carbocycles. The zero-order valence-electron chi connectivity index (χ0n) is 40.2. The Hall–Kier alpha value is -8.73. The van der Waals surface area contributed by atoms with Gasteiger partial charge in [0.2, 0.25) is 34.5 Å². The van der Waals surface area contributed by atoms with Crippen LogP contribution in [0.5, 0.6) is 57.5 Å². The van der Waals surface area contributed by atoms with E-state index in [2.05, 4.69) is 146 Å². The second-order valence-electron chi connectivity index (χ2n) is 20.2. The molecular formula is C58H52N2O10Si2. The third-order valence-corrected chi connectivity index (χ3v) is 17.8. The molecule has 0 spiro atoms. The molecule has 0 heterocycles. The summed E-state index contributed by atoms with van der Waals surface area (Å²) in [5.74, 6) is -9.01. The standard InChI is InChI=1S/C58H52N2O10Si2/c1-71(2,3)39-23-19-37(20-24-39)59(35-15-7-33(8-16-35)47-49(61)53(65)57(69)54(66)50(47)62)43-29-13-31-12-28-42-44(30-14-32-11-27-41(43)45(31)46(32)42)60(38-21-25-40(26-22-38)72(4,5)6)36-17-9-34(10-18-36)48-51(63)55(67)58(70)56(68)52(48)64/h7-30,61-70H,1-6H3. The molecule has 10 aromatic carbocycles. The molecular weight excluding hydrogens is 941 g/mol. The number of hydrogen-bond acceptors (Lipinski definition) is 12. The Bertz CT molecular complexity index is 3450. The van der Waals surface area contributed by atoms with E-state index in [0.717, 1.165) is 66.4 Å². The average molecular weight is 993 g/mol. The molecule has 14 heteroatoms. The third kappa shape index (κ3) is 7.59. The summed E-state index contributed by atoms with van der Waals surface area (Å²) in [6.07, 6.45) is 0. The predicted molar refractivity (Wildman–Crippen MR) is 293 cm³/mol. The molecule has 0 radical (unpaired) electrons. The Kier molecular flexibility index (Phi) is 11.1. The SMILES string of the molecule is C[Si](C)(C)c1ccc(N(c2ccc(-c3c(O)c(O)c(O)c(O)c3O)cc2)c2ccc3ccc4c(N(c5ccc(-c6c(O)c(O)c(O)c(O)c6O)cc5)c5ccc([Si](C)(C)C)cc5)ccc5ccc2c3c54)cc1. The molecule has 0 saturated heterocycles. The van der Waals surface area contributed by atoms with Crippen molar-refractivity contribution in [1.82, 2.24) is 0 Å². The van der Waals surface area contributed by atoms with E-state index in [1.165, 1.54) is 10.4 Å². The van der Waals surface area contributed by atoms with Gasteiger partial charge in [-0.3, -0.25) is 0 Å². The Morgan fingerprint density at radius 3 is 0.806 bits per heavy atom. The zero-order chi connectivity index (χ0) is 51.3. The lowest BCUT2D eigenvalue weighted by Crippen LogP contribution is -2.37. The molecule has 362 valence electrons. The van der Waals surface area contributed by atoms with Crippen molar-refractivity contribution in [2.45, 2.75) is 39.3 Å². The third-order valence-electron chi connectivity index (χ3n) is 13.7. The number of phenolic OH excluding ortho intramolecular Hbond substituents is 10. The Balaban J connectivity index is 1.16. The molecule has 0 atom stereocenters. The first-order valence-electron chi connectivity index (χ1n) is 23.3. The summed E-state index contributed by atoms with van der Waals surface area (Å²) in [6, 6.07) is 47.9. The fourth-order valence-corrected chi connectivity index (χ4v) is 12.0.